The molecular weight excluding hydrogens is 334 g/mol. The zero-order valence-corrected chi connectivity index (χ0v) is 12.4. The van der Waals surface area contributed by atoms with E-state index < -0.39 is 0 Å². The first-order valence-corrected chi connectivity index (χ1v) is 6.27. The van der Waals surface area contributed by atoms with Gasteiger partial charge in [0.1, 0.15) is 0 Å². The fourth-order valence-corrected chi connectivity index (χ4v) is 2.49. The van der Waals surface area contributed by atoms with Crippen molar-refractivity contribution in [2.45, 2.75) is 4.83 Å². The van der Waals surface area contributed by atoms with E-state index >= 15 is 0 Å². The molecule has 1 aliphatic rings. The molecule has 0 N–H and O–H groups in total. The van der Waals surface area contributed by atoms with E-state index in [9.17, 15) is 0 Å². The molecule has 0 saturated carbocycles. The Morgan fingerprint density at radius 3 is 2.44 bits per heavy atom. The molecule has 1 fully saturated rings. The highest BCUT2D eigenvalue weighted by molar-refractivity contribution is 9.09. The molecule has 0 spiro atoms. The normalized spacial score (nSPS) is 18.8. The second kappa shape index (κ2) is 7.43. The zero-order valence-electron chi connectivity index (χ0n) is 9.14. The molecule has 2 rings (SSSR count). The number of alkyl halides is 1. The molecule has 1 aromatic carbocycles. The van der Waals surface area contributed by atoms with Gasteiger partial charge in [-0.15, -0.1) is 17.0 Å². The van der Waals surface area contributed by atoms with E-state index in [1.807, 2.05) is 0 Å². The van der Waals surface area contributed by atoms with Crippen molar-refractivity contribution < 1.29 is 4.74 Å². The minimum absolute atomic E-state index is 0. The van der Waals surface area contributed by atoms with Crippen molar-refractivity contribution in [1.29, 1.82) is 0 Å². The smallest absolute Gasteiger partial charge is 0.0594 e. The van der Waals surface area contributed by atoms with E-state index in [1.165, 1.54) is 5.56 Å². The largest absolute Gasteiger partial charge is 0.379 e. The summed E-state index contributed by atoms with van der Waals surface area (Å²) >= 11 is 3.74. The number of hydrogen-bond donors (Lipinski definition) is 0. The number of benzene rings is 1. The standard InChI is InChI=1S/C12H16BrNO.BrH/c13-12(11-4-2-1-3-5-11)10-14-6-8-15-9-7-14;/h1-5,12H,6-10H2;1H. The minimum atomic E-state index is 0. The molecule has 1 heterocycles. The van der Waals surface area contributed by atoms with Gasteiger partial charge < -0.3 is 4.74 Å². The van der Waals surface area contributed by atoms with E-state index in [0.717, 1.165) is 32.8 Å². The molecule has 0 aliphatic carbocycles. The van der Waals surface area contributed by atoms with Crippen molar-refractivity contribution in [2.24, 2.45) is 0 Å². The number of hydrogen-bond acceptors (Lipinski definition) is 2. The van der Waals surface area contributed by atoms with Crippen LogP contribution in [0.15, 0.2) is 30.3 Å². The van der Waals surface area contributed by atoms with Crippen molar-refractivity contribution in [1.82, 2.24) is 4.90 Å². The Kier molecular flexibility index (Phi) is 6.58. The summed E-state index contributed by atoms with van der Waals surface area (Å²) in [7, 11) is 0. The van der Waals surface area contributed by atoms with Crippen molar-refractivity contribution >= 4 is 32.9 Å². The first kappa shape index (κ1) is 14.2. The Hall–Kier alpha value is 0.1000. The number of nitrogens with zero attached hydrogens (tertiary/aromatic N) is 1. The minimum Gasteiger partial charge on any atom is -0.379 e. The van der Waals surface area contributed by atoms with Crippen LogP contribution in [0.3, 0.4) is 0 Å². The number of ether oxygens (including phenoxy) is 1. The second-order valence-electron chi connectivity index (χ2n) is 3.79. The molecule has 1 atom stereocenters. The van der Waals surface area contributed by atoms with Crippen LogP contribution in [0.1, 0.15) is 10.4 Å². The lowest BCUT2D eigenvalue weighted by molar-refractivity contribution is 0.0383. The third-order valence-electron chi connectivity index (χ3n) is 2.68. The summed E-state index contributed by atoms with van der Waals surface area (Å²) < 4.78 is 5.33. The third-order valence-corrected chi connectivity index (χ3v) is 3.50. The predicted molar refractivity (Wildman–Crippen MR) is 75.7 cm³/mol. The summed E-state index contributed by atoms with van der Waals surface area (Å²) in [4.78, 5) is 2.87. The molecule has 16 heavy (non-hydrogen) atoms. The van der Waals surface area contributed by atoms with Crippen LogP contribution < -0.4 is 0 Å². The van der Waals surface area contributed by atoms with Crippen molar-refractivity contribution in [3.05, 3.63) is 35.9 Å². The first-order chi connectivity index (χ1) is 7.36. The summed E-state index contributed by atoms with van der Waals surface area (Å²) in [6, 6.07) is 10.6. The van der Waals surface area contributed by atoms with Crippen molar-refractivity contribution in [3.63, 3.8) is 0 Å². The van der Waals surface area contributed by atoms with Gasteiger partial charge in [0, 0.05) is 19.6 Å². The van der Waals surface area contributed by atoms with E-state index in [-0.39, 0.29) is 17.0 Å². The molecule has 90 valence electrons. The van der Waals surface area contributed by atoms with E-state index in [1.54, 1.807) is 0 Å². The Morgan fingerprint density at radius 2 is 1.81 bits per heavy atom. The molecule has 1 aliphatic heterocycles. The zero-order chi connectivity index (χ0) is 10.5. The summed E-state index contributed by atoms with van der Waals surface area (Å²) in [5.41, 5.74) is 1.35. The molecule has 0 amide bonds. The maximum atomic E-state index is 5.33. The highest BCUT2D eigenvalue weighted by Gasteiger charge is 2.15. The Balaban J connectivity index is 0.00000128. The van der Waals surface area contributed by atoms with Gasteiger partial charge in [0.2, 0.25) is 0 Å². The van der Waals surface area contributed by atoms with Gasteiger partial charge in [0.25, 0.3) is 0 Å². The Morgan fingerprint density at radius 1 is 1.19 bits per heavy atom. The van der Waals surface area contributed by atoms with Crippen LogP contribution >= 0.6 is 32.9 Å². The predicted octanol–water partition coefficient (Wildman–Crippen LogP) is 3.03. The topological polar surface area (TPSA) is 12.5 Å². The quantitative estimate of drug-likeness (QED) is 0.777. The Labute approximate surface area is 116 Å². The second-order valence-corrected chi connectivity index (χ2v) is 4.90. The lowest BCUT2D eigenvalue weighted by Crippen LogP contribution is -2.38. The molecule has 1 saturated heterocycles. The van der Waals surface area contributed by atoms with Gasteiger partial charge in [0.15, 0.2) is 0 Å². The highest BCUT2D eigenvalue weighted by Crippen LogP contribution is 2.23. The van der Waals surface area contributed by atoms with Gasteiger partial charge >= 0.3 is 0 Å². The van der Waals surface area contributed by atoms with E-state index in [0.29, 0.717) is 4.83 Å². The van der Waals surface area contributed by atoms with E-state index in [4.69, 9.17) is 4.74 Å². The van der Waals surface area contributed by atoms with Crippen molar-refractivity contribution in [3.8, 4) is 0 Å². The summed E-state index contributed by atoms with van der Waals surface area (Å²) in [6.07, 6.45) is 0. The number of rotatable bonds is 3. The first-order valence-electron chi connectivity index (χ1n) is 5.35. The SMILES string of the molecule is Br.BrC(CN1CCOCC1)c1ccccc1. The van der Waals surface area contributed by atoms with Crippen LogP contribution in [0, 0.1) is 0 Å². The van der Waals surface area contributed by atoms with Crippen LogP contribution in [0.25, 0.3) is 0 Å². The fraction of sp³-hybridized carbons (Fsp3) is 0.500. The van der Waals surface area contributed by atoms with Gasteiger partial charge in [0.05, 0.1) is 18.0 Å². The average Bonchev–Trinajstić information content (AvgIpc) is 2.31. The van der Waals surface area contributed by atoms with Crippen molar-refractivity contribution in [2.75, 3.05) is 32.8 Å². The van der Waals surface area contributed by atoms with Crippen LogP contribution in [0.2, 0.25) is 0 Å². The van der Waals surface area contributed by atoms with Crippen LogP contribution in [0.4, 0.5) is 0 Å². The number of halogens is 2. The number of morpholine rings is 1. The molecule has 1 unspecified atom stereocenters. The summed E-state index contributed by atoms with van der Waals surface area (Å²) in [5.74, 6) is 0. The van der Waals surface area contributed by atoms with Crippen LogP contribution in [-0.4, -0.2) is 37.7 Å². The lowest BCUT2D eigenvalue weighted by atomic mass is 10.1. The molecule has 1 aromatic rings. The maximum absolute atomic E-state index is 5.33. The van der Waals surface area contributed by atoms with Gasteiger partial charge in [-0.05, 0) is 5.56 Å². The van der Waals surface area contributed by atoms with Crippen LogP contribution in [0.5, 0.6) is 0 Å². The van der Waals surface area contributed by atoms with Gasteiger partial charge in [-0.3, -0.25) is 4.90 Å². The summed E-state index contributed by atoms with van der Waals surface area (Å²) in [5, 5.41) is 0. The monoisotopic (exact) mass is 349 g/mol. The Bertz CT molecular complexity index is 288. The molecule has 2 nitrogen and oxygen atoms in total. The lowest BCUT2D eigenvalue weighted by Gasteiger charge is -2.28. The third kappa shape index (κ3) is 4.17. The van der Waals surface area contributed by atoms with Gasteiger partial charge in [-0.25, -0.2) is 0 Å². The van der Waals surface area contributed by atoms with Gasteiger partial charge in [-0.1, -0.05) is 46.3 Å². The summed E-state index contributed by atoms with van der Waals surface area (Å²) in [6.45, 7) is 4.90. The molecule has 0 radical (unpaired) electrons. The van der Waals surface area contributed by atoms with Crippen LogP contribution in [-0.2, 0) is 4.74 Å². The maximum Gasteiger partial charge on any atom is 0.0594 e. The van der Waals surface area contributed by atoms with E-state index in [2.05, 4.69) is 51.2 Å². The molecule has 0 aromatic heterocycles. The average molecular weight is 351 g/mol. The molecule has 4 heteroatoms. The van der Waals surface area contributed by atoms with Gasteiger partial charge in [-0.2, -0.15) is 0 Å². The fourth-order valence-electron chi connectivity index (χ4n) is 1.78. The molecular formula is C12H17Br2NO. The highest BCUT2D eigenvalue weighted by atomic mass is 79.9. The molecule has 0 bridgehead atoms.